The predicted molar refractivity (Wildman–Crippen MR) is 399 cm³/mol. The van der Waals surface area contributed by atoms with E-state index in [1.54, 1.807) is 36.4 Å². The van der Waals surface area contributed by atoms with Crippen molar-refractivity contribution in [2.24, 2.45) is 22.9 Å². The lowest BCUT2D eigenvalue weighted by atomic mass is 10.2. The highest BCUT2D eigenvalue weighted by molar-refractivity contribution is 8.15. The molecule has 0 unspecified atom stereocenters. The van der Waals surface area contributed by atoms with Gasteiger partial charge in [0.05, 0.1) is 91.2 Å². The Hall–Kier alpha value is -8.85. The summed E-state index contributed by atoms with van der Waals surface area (Å²) >= 11 is 8.18. The van der Waals surface area contributed by atoms with Crippen LogP contribution in [0.2, 0.25) is 0 Å². The number of anilines is 4. The number of nitrogens with zero attached hydrogens (tertiary/aromatic N) is 3. The monoisotopic (exact) mass is 1700 g/mol. The summed E-state index contributed by atoms with van der Waals surface area (Å²) in [6.45, 7) is 9.76. The van der Waals surface area contributed by atoms with Crippen molar-refractivity contribution >= 4 is 179 Å². The molecule has 4 aliphatic heterocycles. The van der Waals surface area contributed by atoms with Crippen molar-refractivity contribution < 1.29 is 116 Å². The molecule has 0 saturated carbocycles. The Labute approximate surface area is 642 Å². The highest BCUT2D eigenvalue weighted by atomic mass is 35.7. The number of nitrogens with one attached hydrogen (secondary N) is 4. The van der Waals surface area contributed by atoms with Crippen LogP contribution >= 0.6 is 67.6 Å². The molecule has 4 aromatic heterocycles. The minimum Gasteiger partial charge on any atom is -0.507 e. The Bertz CT molecular complexity index is 4790. The Morgan fingerprint density at radius 1 is 0.435 bits per heavy atom. The maximum Gasteiger partial charge on any atom is 0.339 e. The van der Waals surface area contributed by atoms with E-state index in [9.17, 15) is 81.9 Å². The number of aromatic carboxylic acids is 1. The van der Waals surface area contributed by atoms with E-state index in [2.05, 4.69) is 21.3 Å². The molecule has 0 aliphatic carbocycles. The zero-order chi connectivity index (χ0) is 80.4. The van der Waals surface area contributed by atoms with Gasteiger partial charge in [-0.1, -0.05) is 36.4 Å². The molecule has 4 fully saturated rings. The van der Waals surface area contributed by atoms with Gasteiger partial charge < -0.3 is 89.3 Å². The molecule has 37 nitrogen and oxygen atoms in total. The van der Waals surface area contributed by atoms with Gasteiger partial charge in [0.1, 0.15) is 54.7 Å². The van der Waals surface area contributed by atoms with Crippen LogP contribution in [0.4, 0.5) is 20.0 Å². The zero-order valence-corrected chi connectivity index (χ0v) is 64.7. The second-order valence-corrected chi connectivity index (χ2v) is 35.4. The molecule has 4 aliphatic rings. The molecule has 7 amide bonds. The highest BCUT2D eigenvalue weighted by Gasteiger charge is 2.34. The van der Waals surface area contributed by atoms with E-state index < -0.39 is 91.7 Å². The number of carboxylic acid groups (broad SMARTS) is 1. The maximum absolute atomic E-state index is 12.8. The number of carbonyl (C=O) groups excluding carboxylic acids is 8. The molecule has 3 aromatic carbocycles. The summed E-state index contributed by atoms with van der Waals surface area (Å²) in [6.07, 6.45) is 0. The van der Waals surface area contributed by atoms with E-state index in [4.69, 9.17) is 85.2 Å². The number of para-hydroxylation sites is 3. The molecule has 0 radical (unpaired) electrons. The third-order valence-electron chi connectivity index (χ3n) is 13.9. The number of halogens is 2. The summed E-state index contributed by atoms with van der Waals surface area (Å²) in [6, 6.07) is 22.4. The number of morpholine rings is 4. The number of phenols is 3. The maximum atomic E-state index is 12.8. The van der Waals surface area contributed by atoms with E-state index in [0.717, 1.165) is 72.4 Å². The third kappa shape index (κ3) is 26.5. The molecule has 8 heterocycles. The minimum atomic E-state index is -3.94. The number of benzene rings is 3. The average molecular weight is 1700 g/mol. The van der Waals surface area contributed by atoms with Crippen LogP contribution in [0.5, 0.6) is 17.2 Å². The van der Waals surface area contributed by atoms with Gasteiger partial charge in [0.25, 0.3) is 73.9 Å². The van der Waals surface area contributed by atoms with E-state index >= 15 is 0 Å². The van der Waals surface area contributed by atoms with Gasteiger partial charge in [-0.05, 0) is 72.3 Å². The van der Waals surface area contributed by atoms with E-state index in [0.29, 0.717) is 50.9 Å². The van der Waals surface area contributed by atoms with Gasteiger partial charge in [0, 0.05) is 76.9 Å². The molecule has 7 aromatic rings. The Balaban J connectivity index is 0.000000235. The second-order valence-electron chi connectivity index (χ2n) is 21.5. The van der Waals surface area contributed by atoms with Gasteiger partial charge in [-0.2, -0.15) is 12.9 Å². The molecular formula is C61H72Cl2N12O25S8. The fourth-order valence-corrected chi connectivity index (χ4v) is 19.8. The number of nitrogen functional groups attached to an aromatic ring is 1. The van der Waals surface area contributed by atoms with E-state index in [1.807, 2.05) is 0 Å². The molecule has 108 heavy (non-hydrogen) atoms. The van der Waals surface area contributed by atoms with Gasteiger partial charge in [-0.3, -0.25) is 38.4 Å². The Morgan fingerprint density at radius 2 is 0.731 bits per heavy atom. The molecule has 4 saturated heterocycles. The lowest BCUT2D eigenvalue weighted by Gasteiger charge is -2.25. The fourth-order valence-electron chi connectivity index (χ4n) is 8.72. The Morgan fingerprint density at radius 3 is 1.00 bits per heavy atom. The van der Waals surface area contributed by atoms with Crippen LogP contribution in [0.15, 0.2) is 114 Å². The van der Waals surface area contributed by atoms with Gasteiger partial charge in [0.15, 0.2) is 0 Å². The first-order valence-corrected chi connectivity index (χ1v) is 41.1. The van der Waals surface area contributed by atoms with Crippen LogP contribution < -0.4 is 49.9 Å². The van der Waals surface area contributed by atoms with Gasteiger partial charge in [-0.15, -0.1) is 45.3 Å². The van der Waals surface area contributed by atoms with Crippen LogP contribution in [0.1, 0.15) is 86.4 Å². The lowest BCUT2D eigenvalue weighted by Crippen LogP contribution is -2.40. The molecular weight excluding hydrogens is 1630 g/mol. The quantitative estimate of drug-likeness (QED) is 0.0582. The lowest BCUT2D eigenvalue weighted by molar-refractivity contribution is -0.115. The average Bonchev–Trinajstić information content (AvgIpc) is 1.64. The smallest absolute Gasteiger partial charge is 0.339 e. The molecule has 0 atom stereocenters. The number of thiophene rings is 4. The van der Waals surface area contributed by atoms with Crippen molar-refractivity contribution in [2.45, 2.75) is 30.7 Å². The van der Waals surface area contributed by atoms with Crippen molar-refractivity contribution in [1.82, 2.24) is 18.2 Å². The number of ether oxygens (including phenoxy) is 4. The van der Waals surface area contributed by atoms with Crippen LogP contribution in [0, 0.1) is 0 Å². The molecule has 588 valence electrons. The first-order valence-electron chi connectivity index (χ1n) is 30.8. The van der Waals surface area contributed by atoms with Crippen LogP contribution in [0.25, 0.3) is 0 Å². The summed E-state index contributed by atoms with van der Waals surface area (Å²) in [5.41, 5.74) is 26.2. The van der Waals surface area contributed by atoms with Crippen molar-refractivity contribution in [3.8, 4) is 17.2 Å². The number of hydrogen-bond acceptors (Lipinski definition) is 30. The normalized spacial score (nSPS) is 14.7. The van der Waals surface area contributed by atoms with Crippen molar-refractivity contribution in [2.75, 3.05) is 127 Å². The molecule has 47 heteroatoms. The number of carboxylic acids is 1. The Kier molecular flexibility index (Phi) is 34.6. The number of aromatic hydroxyl groups is 3. The second kappa shape index (κ2) is 41.6. The summed E-state index contributed by atoms with van der Waals surface area (Å²) in [7, 11) is -10.0. The largest absolute Gasteiger partial charge is 0.507 e. The zero-order valence-electron chi connectivity index (χ0n) is 56.7. The van der Waals surface area contributed by atoms with E-state index in [1.165, 1.54) is 75.3 Å². The third-order valence-corrected chi connectivity index (χ3v) is 27.4. The summed E-state index contributed by atoms with van der Waals surface area (Å²) < 4.78 is 121. The minimum absolute atomic E-state index is 0.00240. The van der Waals surface area contributed by atoms with Gasteiger partial charge >= 0.3 is 5.97 Å². The SMILES string of the molecule is C1COCCN1.CC(=O)Nc1sc(S(=O)(=O)Cl)cc1C(N)=O.CC(=O)Nc1sc(S(=O)(=O)N2CCOCC2)cc1C(N)=O.NC(=O)c1cc(S(=O)(=O)N2CCOCC2)sc1N.NC(=O)c1cc(S(=O)(=O)N2CCOCC2)sc1NC(=O)c1ccccc1O.O=C(Cl)c1ccccc1O.O=C(O)c1ccccc1O. The first kappa shape index (κ1) is 89.8. The van der Waals surface area contributed by atoms with Gasteiger partial charge in [-0.25, -0.2) is 38.5 Å². The van der Waals surface area contributed by atoms with Crippen molar-refractivity contribution in [1.29, 1.82) is 0 Å². The number of rotatable bonds is 17. The number of hydrogen-bond donors (Lipinski definition) is 13. The van der Waals surface area contributed by atoms with Crippen LogP contribution in [-0.2, 0) is 67.7 Å². The molecule has 11 rings (SSSR count). The highest BCUT2D eigenvalue weighted by Crippen LogP contribution is 2.37. The summed E-state index contributed by atoms with van der Waals surface area (Å²) in [5, 5.41) is 46.1. The van der Waals surface area contributed by atoms with Crippen LogP contribution in [0.3, 0.4) is 0 Å². The number of amides is 7. The molecule has 0 bridgehead atoms. The molecule has 18 N–H and O–H groups in total. The summed E-state index contributed by atoms with van der Waals surface area (Å²) in [5.74, 6) is -6.41. The number of sulfonamides is 3. The van der Waals surface area contributed by atoms with Gasteiger partial charge in [0.2, 0.25) is 11.8 Å². The predicted octanol–water partition coefficient (Wildman–Crippen LogP) is 3.30. The number of nitrogens with two attached hydrogens (primary N) is 5. The summed E-state index contributed by atoms with van der Waals surface area (Å²) in [4.78, 5) is 100. The topological polar surface area (TPSA) is 596 Å². The number of phenolic OH excluding ortho intramolecular Hbond substituents is 2. The number of primary amides is 4. The number of carbonyl (C=O) groups is 9. The van der Waals surface area contributed by atoms with Crippen molar-refractivity contribution in [3.05, 3.63) is 136 Å². The standard InChI is InChI=1S/C16H17N3O6S2.C11H15N3O5S2.C9H13N3O4S2.C7H7ClN2O4S2.C7H5ClO2.C7H6O3.C4H9NO/c17-14(21)11-9-13(27(23,24)19-5-7-25-8-6-19)26-16(11)18-15(22)10-3-1-2-4-12(10)20;1-7(15)13-11-8(10(12)16)6-9(20-11)21(17,18)14-2-4-19-5-3-14;10-8(13)6-5-7(17-9(6)11)18(14,15)12-1-3-16-4-2-12;1-3(11)10-7-4(6(9)12)2-5(15-7)16(8,13)14;8-7(10)5-3-1-2-4-6(5)9;8-6-4-2-1-3-5(6)7(9)10;1-3-6-4-2-5-1/h1-4,9,20H,5-8H2,(H2,17,21)(H,18,22);6H,2-5H2,1H3,(H2,12,16)(H,13,15);5H,1-4,11H2,(H2,10,13);2H,1H3,(H2,9,12)(H,10,11);1-4,9H;1-4,8H,(H,9,10);5H,1-4H2. The molecule has 0 spiro atoms. The van der Waals surface area contributed by atoms with E-state index in [-0.39, 0.29) is 132 Å². The first-order chi connectivity index (χ1) is 50.7. The fraction of sp³-hybridized carbons (Fsp3) is 0.295. The van der Waals surface area contributed by atoms with Crippen molar-refractivity contribution in [3.63, 3.8) is 0 Å². The van der Waals surface area contributed by atoms with Crippen LogP contribution in [-0.4, -0.2) is 225 Å².